The molecule has 0 bridgehead atoms. The average molecular weight is 349 g/mol. The highest BCUT2D eigenvalue weighted by atomic mass is 79.9. The molecule has 4 rings (SSSR count). The summed E-state index contributed by atoms with van der Waals surface area (Å²) < 4.78 is 1.06. The molecule has 1 heterocycles. The Labute approximate surface area is 136 Å². The largest absolute Gasteiger partial charge is 0.354 e. The van der Waals surface area contributed by atoms with Crippen LogP contribution < -0.4 is 5.32 Å². The fourth-order valence-corrected chi connectivity index (χ4v) is 3.08. The van der Waals surface area contributed by atoms with E-state index in [1.165, 1.54) is 0 Å². The Morgan fingerprint density at radius 3 is 2.00 bits per heavy atom. The molecule has 0 atom stereocenters. The van der Waals surface area contributed by atoms with Crippen molar-refractivity contribution >= 4 is 49.1 Å². The lowest BCUT2D eigenvalue weighted by molar-refractivity contribution is 1.48. The van der Waals surface area contributed by atoms with Crippen molar-refractivity contribution in [3.63, 3.8) is 0 Å². The molecule has 0 aliphatic carbocycles. The van der Waals surface area contributed by atoms with Gasteiger partial charge >= 0.3 is 0 Å². The monoisotopic (exact) mass is 348 g/mol. The number of rotatable bonds is 2. The van der Waals surface area contributed by atoms with E-state index in [2.05, 4.69) is 45.5 Å². The van der Waals surface area contributed by atoms with Gasteiger partial charge < -0.3 is 5.32 Å². The van der Waals surface area contributed by atoms with Gasteiger partial charge in [-0.3, -0.25) is 0 Å². The zero-order valence-corrected chi connectivity index (χ0v) is 13.3. The molecule has 0 aliphatic rings. The van der Waals surface area contributed by atoms with E-state index in [1.54, 1.807) is 0 Å². The third kappa shape index (κ3) is 2.34. The normalized spacial score (nSPS) is 11.0. The van der Waals surface area contributed by atoms with Crippen molar-refractivity contribution in [1.29, 1.82) is 0 Å². The van der Waals surface area contributed by atoms with Crippen molar-refractivity contribution in [3.05, 3.63) is 77.3 Å². The van der Waals surface area contributed by atoms with Crippen molar-refractivity contribution in [2.75, 3.05) is 5.32 Å². The van der Waals surface area contributed by atoms with Crippen molar-refractivity contribution in [1.82, 2.24) is 4.98 Å². The predicted octanol–water partition coefficient (Wildman–Crippen LogP) is 5.89. The van der Waals surface area contributed by atoms with Crippen molar-refractivity contribution < 1.29 is 0 Å². The van der Waals surface area contributed by atoms with Gasteiger partial charge in [0, 0.05) is 20.9 Å². The fraction of sp³-hybridized carbons (Fsp3) is 0. The third-order valence-electron chi connectivity index (χ3n) is 3.68. The molecular formula is C19H13BrN2. The summed E-state index contributed by atoms with van der Waals surface area (Å²) in [7, 11) is 0. The zero-order valence-electron chi connectivity index (χ0n) is 11.8. The summed E-state index contributed by atoms with van der Waals surface area (Å²) in [5.41, 5.74) is 4.15. The van der Waals surface area contributed by atoms with Gasteiger partial charge in [0.05, 0.1) is 16.7 Å². The summed E-state index contributed by atoms with van der Waals surface area (Å²) in [6.07, 6.45) is 0. The molecule has 1 N–H and O–H groups in total. The maximum absolute atomic E-state index is 4.75. The second-order valence-corrected chi connectivity index (χ2v) is 6.07. The quantitative estimate of drug-likeness (QED) is 0.456. The van der Waals surface area contributed by atoms with E-state index in [1.807, 2.05) is 48.5 Å². The zero-order chi connectivity index (χ0) is 14.9. The molecule has 0 aliphatic heterocycles. The second-order valence-electron chi connectivity index (χ2n) is 5.16. The molecule has 0 saturated heterocycles. The minimum atomic E-state index is 0.999. The lowest BCUT2D eigenvalue weighted by Gasteiger charge is -2.13. The van der Waals surface area contributed by atoms with E-state index in [4.69, 9.17) is 4.98 Å². The molecule has 4 aromatic rings. The highest BCUT2D eigenvalue weighted by Crippen LogP contribution is 2.33. The Morgan fingerprint density at radius 2 is 1.36 bits per heavy atom. The van der Waals surface area contributed by atoms with Crippen LogP contribution in [0.25, 0.3) is 21.8 Å². The first-order valence-corrected chi connectivity index (χ1v) is 7.91. The van der Waals surface area contributed by atoms with Gasteiger partial charge in [-0.15, -0.1) is 0 Å². The van der Waals surface area contributed by atoms with E-state index in [9.17, 15) is 0 Å². The smallest absolute Gasteiger partial charge is 0.0730 e. The number of nitrogens with zero attached hydrogens (tertiary/aromatic N) is 1. The van der Waals surface area contributed by atoms with Gasteiger partial charge in [0.1, 0.15) is 0 Å². The SMILES string of the molecule is Brc1cccc(Nc2c3ccccc3nc3ccccc23)c1. The maximum Gasteiger partial charge on any atom is 0.0730 e. The summed E-state index contributed by atoms with van der Waals surface area (Å²) in [4.78, 5) is 4.75. The standard InChI is InChI=1S/C19H13BrN2/c20-13-6-5-7-14(12-13)21-19-15-8-1-3-10-17(15)22-18-11-4-2-9-16(18)19/h1-12H,(H,21,22). The molecule has 3 aromatic carbocycles. The highest BCUT2D eigenvalue weighted by molar-refractivity contribution is 9.10. The number of fused-ring (bicyclic) bond motifs is 2. The molecular weight excluding hydrogens is 336 g/mol. The van der Waals surface area contributed by atoms with Gasteiger partial charge in [0.25, 0.3) is 0 Å². The number of halogens is 1. The molecule has 2 nitrogen and oxygen atoms in total. The number of para-hydroxylation sites is 2. The van der Waals surface area contributed by atoms with Crippen molar-refractivity contribution in [3.8, 4) is 0 Å². The molecule has 0 unspecified atom stereocenters. The number of nitrogens with one attached hydrogen (secondary N) is 1. The molecule has 0 saturated carbocycles. The van der Waals surface area contributed by atoms with Gasteiger partial charge in [0.2, 0.25) is 0 Å². The van der Waals surface area contributed by atoms with Crippen LogP contribution in [0, 0.1) is 0 Å². The van der Waals surface area contributed by atoms with E-state index in [-0.39, 0.29) is 0 Å². The summed E-state index contributed by atoms with van der Waals surface area (Å²) in [6.45, 7) is 0. The summed E-state index contributed by atoms with van der Waals surface area (Å²) in [5.74, 6) is 0. The average Bonchev–Trinajstić information content (AvgIpc) is 2.55. The van der Waals surface area contributed by atoms with Gasteiger partial charge in [-0.05, 0) is 30.3 Å². The number of hydrogen-bond acceptors (Lipinski definition) is 2. The lowest BCUT2D eigenvalue weighted by atomic mass is 10.1. The van der Waals surface area contributed by atoms with Crippen LogP contribution in [-0.2, 0) is 0 Å². The number of benzene rings is 3. The van der Waals surface area contributed by atoms with Gasteiger partial charge in [0.15, 0.2) is 0 Å². The Morgan fingerprint density at radius 1 is 0.727 bits per heavy atom. The van der Waals surface area contributed by atoms with E-state index in [0.717, 1.165) is 37.7 Å². The molecule has 0 amide bonds. The third-order valence-corrected chi connectivity index (χ3v) is 4.17. The highest BCUT2D eigenvalue weighted by Gasteiger charge is 2.08. The molecule has 0 radical (unpaired) electrons. The first-order chi connectivity index (χ1) is 10.8. The minimum absolute atomic E-state index is 0.999. The van der Waals surface area contributed by atoms with Gasteiger partial charge in [-0.1, -0.05) is 58.4 Å². The van der Waals surface area contributed by atoms with Crippen LogP contribution in [-0.4, -0.2) is 4.98 Å². The Hall–Kier alpha value is -2.39. The number of pyridine rings is 1. The second kappa shape index (κ2) is 5.43. The van der Waals surface area contributed by atoms with E-state index < -0.39 is 0 Å². The first kappa shape index (κ1) is 13.3. The molecule has 106 valence electrons. The number of aromatic nitrogens is 1. The van der Waals surface area contributed by atoms with Crippen LogP contribution >= 0.6 is 15.9 Å². The van der Waals surface area contributed by atoms with Gasteiger partial charge in [-0.2, -0.15) is 0 Å². The van der Waals surface area contributed by atoms with Crippen LogP contribution in [0.1, 0.15) is 0 Å². The molecule has 3 heteroatoms. The Bertz CT molecular complexity index is 925. The summed E-state index contributed by atoms with van der Waals surface area (Å²) in [6, 6.07) is 24.6. The summed E-state index contributed by atoms with van der Waals surface area (Å²) >= 11 is 3.52. The molecule has 0 fully saturated rings. The molecule has 0 spiro atoms. The molecule has 22 heavy (non-hydrogen) atoms. The summed E-state index contributed by atoms with van der Waals surface area (Å²) in [5, 5.41) is 5.81. The predicted molar refractivity (Wildman–Crippen MR) is 96.7 cm³/mol. The lowest BCUT2D eigenvalue weighted by Crippen LogP contribution is -1.95. The molecule has 1 aromatic heterocycles. The van der Waals surface area contributed by atoms with E-state index >= 15 is 0 Å². The van der Waals surface area contributed by atoms with Gasteiger partial charge in [-0.25, -0.2) is 4.98 Å². The van der Waals surface area contributed by atoms with Crippen LogP contribution in [0.15, 0.2) is 77.3 Å². The van der Waals surface area contributed by atoms with Crippen LogP contribution in [0.2, 0.25) is 0 Å². The van der Waals surface area contributed by atoms with Crippen LogP contribution in [0.3, 0.4) is 0 Å². The Kier molecular flexibility index (Phi) is 3.28. The minimum Gasteiger partial charge on any atom is -0.354 e. The van der Waals surface area contributed by atoms with Crippen LogP contribution in [0.5, 0.6) is 0 Å². The first-order valence-electron chi connectivity index (χ1n) is 7.11. The van der Waals surface area contributed by atoms with Crippen molar-refractivity contribution in [2.24, 2.45) is 0 Å². The van der Waals surface area contributed by atoms with Crippen molar-refractivity contribution in [2.45, 2.75) is 0 Å². The maximum atomic E-state index is 4.75. The van der Waals surface area contributed by atoms with Crippen LogP contribution in [0.4, 0.5) is 11.4 Å². The Balaban J connectivity index is 2.00. The number of anilines is 2. The van der Waals surface area contributed by atoms with E-state index in [0.29, 0.717) is 0 Å². The topological polar surface area (TPSA) is 24.9 Å². The fourth-order valence-electron chi connectivity index (χ4n) is 2.69. The number of hydrogen-bond donors (Lipinski definition) is 1.